The molecule has 0 saturated carbocycles. The number of fused-ring (bicyclic) bond motifs is 1. The lowest BCUT2D eigenvalue weighted by Gasteiger charge is -2.23. The van der Waals surface area contributed by atoms with Gasteiger partial charge in [-0.1, -0.05) is 29.8 Å². The molecule has 1 unspecified atom stereocenters. The van der Waals surface area contributed by atoms with Crippen LogP contribution in [0.3, 0.4) is 0 Å². The lowest BCUT2D eigenvalue weighted by Crippen LogP contribution is -2.20. The summed E-state index contributed by atoms with van der Waals surface area (Å²) < 4.78 is 1.99. The van der Waals surface area contributed by atoms with Crippen LogP contribution in [-0.2, 0) is 6.42 Å². The summed E-state index contributed by atoms with van der Waals surface area (Å²) in [7, 11) is 0. The van der Waals surface area contributed by atoms with E-state index in [0.717, 1.165) is 25.1 Å². The first-order valence-corrected chi connectivity index (χ1v) is 6.01. The van der Waals surface area contributed by atoms with Gasteiger partial charge in [0.15, 0.2) is 0 Å². The summed E-state index contributed by atoms with van der Waals surface area (Å²) >= 11 is 0. The van der Waals surface area contributed by atoms with E-state index in [1.165, 1.54) is 11.1 Å². The molecule has 0 aliphatic carbocycles. The van der Waals surface area contributed by atoms with Crippen molar-refractivity contribution in [2.24, 2.45) is 0 Å². The predicted molar refractivity (Wildman–Crippen MR) is 66.7 cm³/mol. The van der Waals surface area contributed by atoms with E-state index in [4.69, 9.17) is 5.73 Å². The molecule has 0 amide bonds. The predicted octanol–water partition coefficient (Wildman–Crippen LogP) is 2.09. The fourth-order valence-electron chi connectivity index (χ4n) is 2.56. The molecule has 1 aliphatic rings. The molecule has 1 atom stereocenters. The van der Waals surface area contributed by atoms with Gasteiger partial charge in [0.05, 0.1) is 6.04 Å². The standard InChI is InChI=1S/C13H16N4/c1-9-4-2-5-10(8-9)11-6-3-7-12-15-13(14)16-17(11)12/h2,4-5,8,11H,3,6-7H2,1H3,(H2,14,16). The Morgan fingerprint density at radius 2 is 2.29 bits per heavy atom. The second-order valence-corrected chi connectivity index (χ2v) is 4.65. The van der Waals surface area contributed by atoms with Crippen molar-refractivity contribution in [1.82, 2.24) is 14.8 Å². The van der Waals surface area contributed by atoms with Crippen molar-refractivity contribution < 1.29 is 0 Å². The topological polar surface area (TPSA) is 56.7 Å². The zero-order chi connectivity index (χ0) is 11.8. The van der Waals surface area contributed by atoms with Crippen molar-refractivity contribution in [2.75, 3.05) is 5.73 Å². The summed E-state index contributed by atoms with van der Waals surface area (Å²) in [6.45, 7) is 2.11. The summed E-state index contributed by atoms with van der Waals surface area (Å²) in [5.41, 5.74) is 8.27. The fourth-order valence-corrected chi connectivity index (χ4v) is 2.56. The zero-order valence-corrected chi connectivity index (χ0v) is 9.93. The number of anilines is 1. The maximum Gasteiger partial charge on any atom is 0.239 e. The Bertz CT molecular complexity index is 544. The molecule has 1 aromatic carbocycles. The van der Waals surface area contributed by atoms with Gasteiger partial charge in [-0.15, -0.1) is 5.10 Å². The molecule has 1 aromatic heterocycles. The summed E-state index contributed by atoms with van der Waals surface area (Å²) in [6.07, 6.45) is 3.24. The second kappa shape index (κ2) is 3.87. The Morgan fingerprint density at radius 1 is 1.41 bits per heavy atom. The largest absolute Gasteiger partial charge is 0.366 e. The first kappa shape index (κ1) is 10.3. The number of hydrogen-bond donors (Lipinski definition) is 1. The highest BCUT2D eigenvalue weighted by Crippen LogP contribution is 2.29. The molecular weight excluding hydrogens is 212 g/mol. The van der Waals surface area contributed by atoms with Crippen LogP contribution in [0.2, 0.25) is 0 Å². The summed E-state index contributed by atoms with van der Waals surface area (Å²) in [5.74, 6) is 1.40. The van der Waals surface area contributed by atoms with Gasteiger partial charge < -0.3 is 5.73 Å². The molecule has 2 aromatic rings. The number of nitrogens with two attached hydrogens (primary N) is 1. The molecule has 0 spiro atoms. The summed E-state index contributed by atoms with van der Waals surface area (Å²) in [4.78, 5) is 4.28. The molecule has 2 heterocycles. The smallest absolute Gasteiger partial charge is 0.239 e. The van der Waals surface area contributed by atoms with E-state index >= 15 is 0 Å². The van der Waals surface area contributed by atoms with Crippen LogP contribution < -0.4 is 5.73 Å². The number of nitrogens with zero attached hydrogens (tertiary/aromatic N) is 3. The zero-order valence-electron chi connectivity index (χ0n) is 9.93. The van der Waals surface area contributed by atoms with Crippen molar-refractivity contribution >= 4 is 5.95 Å². The average molecular weight is 228 g/mol. The highest BCUT2D eigenvalue weighted by molar-refractivity contribution is 5.27. The number of rotatable bonds is 1. The lowest BCUT2D eigenvalue weighted by atomic mass is 9.97. The van der Waals surface area contributed by atoms with Gasteiger partial charge in [0.25, 0.3) is 0 Å². The number of nitrogen functional groups attached to an aromatic ring is 1. The Hall–Kier alpha value is -1.84. The molecular formula is C13H16N4. The third kappa shape index (κ3) is 1.79. The monoisotopic (exact) mass is 228 g/mol. The van der Waals surface area contributed by atoms with E-state index in [2.05, 4.69) is 41.3 Å². The van der Waals surface area contributed by atoms with Crippen LogP contribution in [0.25, 0.3) is 0 Å². The minimum atomic E-state index is 0.295. The van der Waals surface area contributed by atoms with Gasteiger partial charge >= 0.3 is 0 Å². The van der Waals surface area contributed by atoms with Gasteiger partial charge in [-0.2, -0.15) is 4.98 Å². The lowest BCUT2D eigenvalue weighted by molar-refractivity contribution is 0.412. The first-order valence-electron chi connectivity index (χ1n) is 6.01. The number of hydrogen-bond acceptors (Lipinski definition) is 3. The summed E-state index contributed by atoms with van der Waals surface area (Å²) in [6, 6.07) is 8.88. The van der Waals surface area contributed by atoms with E-state index in [0.29, 0.717) is 12.0 Å². The molecule has 0 saturated heterocycles. The number of aromatic nitrogens is 3. The van der Waals surface area contributed by atoms with Gasteiger partial charge in [-0.3, -0.25) is 0 Å². The number of benzene rings is 1. The number of aryl methyl sites for hydroxylation is 2. The Kier molecular flexibility index (Phi) is 2.35. The Morgan fingerprint density at radius 3 is 3.12 bits per heavy atom. The van der Waals surface area contributed by atoms with Crippen LogP contribution >= 0.6 is 0 Å². The molecule has 88 valence electrons. The van der Waals surface area contributed by atoms with Gasteiger partial charge in [-0.05, 0) is 25.3 Å². The van der Waals surface area contributed by atoms with Crippen LogP contribution in [0.15, 0.2) is 24.3 Å². The van der Waals surface area contributed by atoms with E-state index in [-0.39, 0.29) is 0 Å². The van der Waals surface area contributed by atoms with Crippen LogP contribution in [0, 0.1) is 6.92 Å². The molecule has 0 fully saturated rings. The van der Waals surface area contributed by atoms with Crippen LogP contribution in [0.1, 0.15) is 35.8 Å². The normalized spacial score (nSPS) is 19.0. The van der Waals surface area contributed by atoms with Crippen molar-refractivity contribution in [3.63, 3.8) is 0 Å². The van der Waals surface area contributed by atoms with Crippen molar-refractivity contribution in [1.29, 1.82) is 0 Å². The Labute approximate surface area is 100 Å². The van der Waals surface area contributed by atoms with Gasteiger partial charge in [0, 0.05) is 6.42 Å². The molecule has 3 rings (SSSR count). The van der Waals surface area contributed by atoms with Crippen molar-refractivity contribution in [3.8, 4) is 0 Å². The maximum atomic E-state index is 5.69. The summed E-state index contributed by atoms with van der Waals surface area (Å²) in [5, 5.41) is 4.32. The van der Waals surface area contributed by atoms with E-state index in [1.54, 1.807) is 0 Å². The minimum absolute atomic E-state index is 0.295. The quantitative estimate of drug-likeness (QED) is 0.813. The first-order chi connectivity index (χ1) is 8.24. The van der Waals surface area contributed by atoms with Gasteiger partial charge in [0.2, 0.25) is 5.95 Å². The van der Waals surface area contributed by atoms with Crippen LogP contribution in [0.5, 0.6) is 0 Å². The van der Waals surface area contributed by atoms with Crippen molar-refractivity contribution in [3.05, 3.63) is 41.2 Å². The molecule has 0 radical (unpaired) electrons. The van der Waals surface area contributed by atoms with Gasteiger partial charge in [0.1, 0.15) is 5.82 Å². The van der Waals surface area contributed by atoms with E-state index in [1.807, 2.05) is 4.68 Å². The minimum Gasteiger partial charge on any atom is -0.366 e. The van der Waals surface area contributed by atoms with E-state index < -0.39 is 0 Å². The third-order valence-electron chi connectivity index (χ3n) is 3.32. The SMILES string of the molecule is Cc1cccc(C2CCCc3nc(N)nn32)c1. The fraction of sp³-hybridized carbons (Fsp3) is 0.385. The van der Waals surface area contributed by atoms with Crippen LogP contribution in [0.4, 0.5) is 5.95 Å². The van der Waals surface area contributed by atoms with Crippen molar-refractivity contribution in [2.45, 2.75) is 32.2 Å². The Balaban J connectivity index is 2.05. The highest BCUT2D eigenvalue weighted by Gasteiger charge is 2.23. The molecule has 17 heavy (non-hydrogen) atoms. The molecule has 2 N–H and O–H groups in total. The highest BCUT2D eigenvalue weighted by atomic mass is 15.4. The molecule has 1 aliphatic heterocycles. The third-order valence-corrected chi connectivity index (χ3v) is 3.32. The second-order valence-electron chi connectivity index (χ2n) is 4.65. The van der Waals surface area contributed by atoms with Crippen LogP contribution in [-0.4, -0.2) is 14.8 Å². The molecule has 0 bridgehead atoms. The average Bonchev–Trinajstić information content (AvgIpc) is 2.68. The van der Waals surface area contributed by atoms with Gasteiger partial charge in [-0.25, -0.2) is 4.68 Å². The molecule has 4 nitrogen and oxygen atoms in total. The van der Waals surface area contributed by atoms with E-state index in [9.17, 15) is 0 Å². The molecule has 4 heteroatoms. The maximum absolute atomic E-state index is 5.69.